The number of aldehydes is 1. The summed E-state index contributed by atoms with van der Waals surface area (Å²) in [5.74, 6) is 1.81. The molecule has 2 aliphatic rings. The third-order valence-corrected chi connectivity index (χ3v) is 8.49. The highest BCUT2D eigenvalue weighted by molar-refractivity contribution is 6.31. The first-order valence-electron chi connectivity index (χ1n) is 13.5. The lowest BCUT2D eigenvalue weighted by Gasteiger charge is -2.40. The predicted molar refractivity (Wildman–Crippen MR) is 149 cm³/mol. The van der Waals surface area contributed by atoms with Crippen molar-refractivity contribution >= 4 is 29.6 Å². The van der Waals surface area contributed by atoms with Gasteiger partial charge in [0, 0.05) is 26.2 Å². The fraction of sp³-hybridized carbons (Fsp3) is 0.387. The molecule has 0 bridgehead atoms. The molecule has 0 spiro atoms. The summed E-state index contributed by atoms with van der Waals surface area (Å²) in [7, 11) is 0. The lowest BCUT2D eigenvalue weighted by atomic mass is 9.81. The van der Waals surface area contributed by atoms with Crippen molar-refractivity contribution in [3.63, 3.8) is 0 Å². The number of anilines is 1. The predicted octanol–water partition coefficient (Wildman–Crippen LogP) is 5.33. The molecule has 0 atom stereocenters. The number of amides is 1. The van der Waals surface area contributed by atoms with Gasteiger partial charge in [-0.15, -0.1) is 0 Å². The van der Waals surface area contributed by atoms with Crippen LogP contribution in [0, 0.1) is 11.8 Å². The minimum atomic E-state index is -1.69. The van der Waals surface area contributed by atoms with Gasteiger partial charge >= 0.3 is 0 Å². The number of hydrogen-bond acceptors (Lipinski definition) is 5. The fourth-order valence-electron chi connectivity index (χ4n) is 5.94. The summed E-state index contributed by atoms with van der Waals surface area (Å²) in [6, 6.07) is 22.1. The number of piperidine rings is 2. The molecule has 2 aromatic carbocycles. The smallest absolute Gasteiger partial charge is 0.263 e. The molecule has 0 aliphatic carbocycles. The van der Waals surface area contributed by atoms with Crippen molar-refractivity contribution in [3.8, 4) is 0 Å². The van der Waals surface area contributed by atoms with Gasteiger partial charge < -0.3 is 14.9 Å². The minimum Gasteiger partial charge on any atom is -0.372 e. The summed E-state index contributed by atoms with van der Waals surface area (Å²) in [6.45, 7) is 3.17. The largest absolute Gasteiger partial charge is 0.372 e. The molecule has 5 rings (SSSR count). The van der Waals surface area contributed by atoms with E-state index in [1.807, 2.05) is 71.6 Å². The molecular weight excluding hydrogens is 498 g/mol. The first kappa shape index (κ1) is 26.4. The van der Waals surface area contributed by atoms with Gasteiger partial charge in [0.25, 0.3) is 5.91 Å². The normalized spacial score (nSPS) is 17.4. The van der Waals surface area contributed by atoms with Gasteiger partial charge in [0.1, 0.15) is 11.0 Å². The Morgan fingerprint density at radius 3 is 1.89 bits per heavy atom. The summed E-state index contributed by atoms with van der Waals surface area (Å²) in [6.07, 6.45) is 5.99. The van der Waals surface area contributed by atoms with E-state index in [2.05, 4.69) is 9.88 Å². The number of carbonyl (C=O) groups is 2. The number of aliphatic hydroxyl groups is 1. The maximum atomic E-state index is 13.8. The second-order valence-corrected chi connectivity index (χ2v) is 10.9. The van der Waals surface area contributed by atoms with Gasteiger partial charge in [-0.05, 0) is 67.2 Å². The van der Waals surface area contributed by atoms with Crippen molar-refractivity contribution in [2.45, 2.75) is 37.7 Å². The number of aromatic nitrogens is 1. The monoisotopic (exact) mass is 531 g/mol. The Bertz CT molecular complexity index is 1200. The van der Waals surface area contributed by atoms with Crippen LogP contribution in [0.25, 0.3) is 0 Å². The van der Waals surface area contributed by atoms with Crippen molar-refractivity contribution in [1.29, 1.82) is 0 Å². The van der Waals surface area contributed by atoms with Crippen LogP contribution in [0.3, 0.4) is 0 Å². The van der Waals surface area contributed by atoms with Crippen molar-refractivity contribution in [2.24, 2.45) is 11.8 Å². The van der Waals surface area contributed by atoms with Crippen molar-refractivity contribution in [1.82, 2.24) is 9.88 Å². The Morgan fingerprint density at radius 2 is 1.39 bits per heavy atom. The Labute approximate surface area is 229 Å². The van der Waals surface area contributed by atoms with E-state index in [-0.39, 0.29) is 11.1 Å². The molecule has 3 aromatic rings. The molecule has 1 N–H and O–H groups in total. The maximum Gasteiger partial charge on any atom is 0.263 e. The second-order valence-electron chi connectivity index (χ2n) is 10.5. The fourth-order valence-corrected chi connectivity index (χ4v) is 6.14. The van der Waals surface area contributed by atoms with E-state index in [1.54, 1.807) is 6.07 Å². The molecule has 7 heteroatoms. The van der Waals surface area contributed by atoms with Crippen LogP contribution in [0.4, 0.5) is 5.82 Å². The summed E-state index contributed by atoms with van der Waals surface area (Å²) < 4.78 is 0. The van der Waals surface area contributed by atoms with Crippen LogP contribution in [-0.4, -0.2) is 53.4 Å². The Kier molecular flexibility index (Phi) is 8.10. The summed E-state index contributed by atoms with van der Waals surface area (Å²) >= 11 is 6.13. The zero-order valence-electron chi connectivity index (χ0n) is 21.5. The molecule has 0 saturated carbocycles. The highest BCUT2D eigenvalue weighted by Gasteiger charge is 2.43. The topological polar surface area (TPSA) is 73.7 Å². The molecule has 1 amide bonds. The van der Waals surface area contributed by atoms with Crippen molar-refractivity contribution < 1.29 is 14.7 Å². The zero-order valence-corrected chi connectivity index (χ0v) is 22.3. The van der Waals surface area contributed by atoms with E-state index in [0.29, 0.717) is 41.6 Å². The minimum absolute atomic E-state index is 0.242. The number of halogens is 1. The van der Waals surface area contributed by atoms with Crippen LogP contribution in [0.5, 0.6) is 0 Å². The van der Waals surface area contributed by atoms with Crippen LogP contribution in [0.15, 0.2) is 72.8 Å². The van der Waals surface area contributed by atoms with E-state index in [0.717, 1.165) is 57.3 Å². The van der Waals surface area contributed by atoms with Crippen LogP contribution in [0.2, 0.25) is 5.15 Å². The van der Waals surface area contributed by atoms with E-state index in [1.165, 1.54) is 0 Å². The van der Waals surface area contributed by atoms with Crippen molar-refractivity contribution in [2.75, 3.05) is 31.1 Å². The highest BCUT2D eigenvalue weighted by atomic mass is 35.5. The third kappa shape index (κ3) is 5.47. The van der Waals surface area contributed by atoms with Gasteiger partial charge in [0.2, 0.25) is 0 Å². The SMILES string of the molecule is O=Cc1ccc(N2CCC(CC3CCN(C(=O)C(O)(c4ccccc4)c4ccccc4)CC3)CC2)nc1Cl. The second kappa shape index (κ2) is 11.7. The molecule has 1 aromatic heterocycles. The number of carbonyl (C=O) groups excluding carboxylic acids is 2. The first-order chi connectivity index (χ1) is 18.5. The van der Waals surface area contributed by atoms with Crippen LogP contribution < -0.4 is 4.90 Å². The maximum absolute atomic E-state index is 13.8. The molecule has 3 heterocycles. The van der Waals surface area contributed by atoms with Gasteiger partial charge in [-0.1, -0.05) is 72.3 Å². The zero-order chi connectivity index (χ0) is 26.5. The quantitative estimate of drug-likeness (QED) is 0.329. The molecule has 2 aliphatic heterocycles. The summed E-state index contributed by atoms with van der Waals surface area (Å²) in [5.41, 5.74) is -0.0762. The Hall–Kier alpha value is -3.22. The number of nitrogens with zero attached hydrogens (tertiary/aromatic N) is 3. The highest BCUT2D eigenvalue weighted by Crippen LogP contribution is 2.35. The molecule has 198 valence electrons. The average Bonchev–Trinajstić information content (AvgIpc) is 2.98. The Morgan fingerprint density at radius 1 is 0.868 bits per heavy atom. The number of pyridine rings is 1. The Balaban J connectivity index is 1.17. The molecule has 2 saturated heterocycles. The van der Waals surface area contributed by atoms with Gasteiger partial charge in [0.05, 0.1) is 5.56 Å². The number of rotatable bonds is 7. The summed E-state index contributed by atoms with van der Waals surface area (Å²) in [5, 5.41) is 12.1. The van der Waals surface area contributed by atoms with Crippen LogP contribution in [0.1, 0.15) is 53.6 Å². The van der Waals surface area contributed by atoms with Gasteiger partial charge in [-0.2, -0.15) is 0 Å². The van der Waals surface area contributed by atoms with Crippen LogP contribution >= 0.6 is 11.6 Å². The third-order valence-electron chi connectivity index (χ3n) is 8.19. The summed E-state index contributed by atoms with van der Waals surface area (Å²) in [4.78, 5) is 33.3. The van der Waals surface area contributed by atoms with Gasteiger partial charge in [-0.25, -0.2) is 4.98 Å². The standard InChI is InChI=1S/C31H34ClN3O3/c32-29-25(22-36)11-12-28(33-29)34-17-13-23(14-18-34)21-24-15-19-35(20-16-24)30(37)31(38,26-7-3-1-4-8-26)27-9-5-2-6-10-27/h1-12,22-24,38H,13-21H2. The molecule has 2 fully saturated rings. The van der Waals surface area contributed by atoms with E-state index in [4.69, 9.17) is 11.6 Å². The van der Waals surface area contributed by atoms with Crippen molar-refractivity contribution in [3.05, 3.63) is 94.6 Å². The molecule has 0 radical (unpaired) electrons. The van der Waals surface area contributed by atoms with E-state index in [9.17, 15) is 14.7 Å². The van der Waals surface area contributed by atoms with Crippen LogP contribution in [-0.2, 0) is 10.4 Å². The van der Waals surface area contributed by atoms with E-state index >= 15 is 0 Å². The molecule has 38 heavy (non-hydrogen) atoms. The molecular formula is C31H34ClN3O3. The number of likely N-dealkylation sites (tertiary alicyclic amines) is 1. The molecule has 0 unspecified atom stereocenters. The van der Waals surface area contributed by atoms with E-state index < -0.39 is 5.60 Å². The first-order valence-corrected chi connectivity index (χ1v) is 13.9. The molecule has 6 nitrogen and oxygen atoms in total. The lowest BCUT2D eigenvalue weighted by Crippen LogP contribution is -2.50. The number of benzene rings is 2. The van der Waals surface area contributed by atoms with Gasteiger partial charge in [0.15, 0.2) is 11.9 Å². The average molecular weight is 532 g/mol. The number of hydrogen-bond donors (Lipinski definition) is 1. The van der Waals surface area contributed by atoms with Gasteiger partial charge in [-0.3, -0.25) is 9.59 Å². The lowest BCUT2D eigenvalue weighted by molar-refractivity contribution is -0.149.